The summed E-state index contributed by atoms with van der Waals surface area (Å²) in [5.41, 5.74) is 6.43. The number of fused-ring (bicyclic) bond motifs is 2. The van der Waals surface area contributed by atoms with E-state index in [1.54, 1.807) is 19.1 Å². The maximum atomic E-state index is 15.3. The normalized spacial score (nSPS) is 19.8. The highest BCUT2D eigenvalue weighted by Crippen LogP contribution is 2.45. The standard InChI is InChI=1S/C33H36FNO7S/c1-4-43(38,39)35-15-21(16-35)17-40-24-11-19(2)32(20(3)12-24)26-7-9-28(34)33-27(26)8-10-29(33)42-23-5-6-25-22(13-31(36)37)18-41-30(25)14-23/h5-7,9,11-12,14,21-22,29H,4,8,10,13,15-18H2,1-3H3,(H,36,37). The summed E-state index contributed by atoms with van der Waals surface area (Å²) in [6.07, 6.45) is 0.860. The highest BCUT2D eigenvalue weighted by atomic mass is 32.2. The minimum absolute atomic E-state index is 0.00780. The van der Waals surface area contributed by atoms with Crippen molar-refractivity contribution in [2.24, 2.45) is 5.92 Å². The molecule has 43 heavy (non-hydrogen) atoms. The number of halogens is 1. The molecule has 0 bridgehead atoms. The predicted octanol–water partition coefficient (Wildman–Crippen LogP) is 5.79. The molecule has 2 aliphatic heterocycles. The highest BCUT2D eigenvalue weighted by molar-refractivity contribution is 7.89. The first-order valence-electron chi connectivity index (χ1n) is 14.7. The van der Waals surface area contributed by atoms with E-state index >= 15 is 4.39 Å². The minimum Gasteiger partial charge on any atom is -0.493 e. The van der Waals surface area contributed by atoms with E-state index in [0.717, 1.165) is 39.1 Å². The molecule has 2 atom stereocenters. The molecule has 3 aromatic rings. The summed E-state index contributed by atoms with van der Waals surface area (Å²) >= 11 is 0. The number of carboxylic acids is 1. The van der Waals surface area contributed by atoms with Crippen molar-refractivity contribution in [2.75, 3.05) is 32.1 Å². The van der Waals surface area contributed by atoms with Crippen LogP contribution in [0.2, 0.25) is 0 Å². The molecule has 1 fully saturated rings. The number of carbonyl (C=O) groups is 1. The summed E-state index contributed by atoms with van der Waals surface area (Å²) in [6, 6.07) is 12.7. The van der Waals surface area contributed by atoms with Crippen LogP contribution in [0.4, 0.5) is 4.39 Å². The number of sulfonamides is 1. The van der Waals surface area contributed by atoms with Crippen molar-refractivity contribution in [3.63, 3.8) is 0 Å². The summed E-state index contributed by atoms with van der Waals surface area (Å²) in [5.74, 6) is 0.844. The van der Waals surface area contributed by atoms with Gasteiger partial charge in [-0.2, -0.15) is 0 Å². The van der Waals surface area contributed by atoms with E-state index in [4.69, 9.17) is 19.3 Å². The lowest BCUT2D eigenvalue weighted by Crippen LogP contribution is -2.52. The van der Waals surface area contributed by atoms with E-state index in [9.17, 15) is 13.2 Å². The van der Waals surface area contributed by atoms with Crippen molar-refractivity contribution >= 4 is 16.0 Å². The summed E-state index contributed by atoms with van der Waals surface area (Å²) in [7, 11) is -3.15. The molecule has 3 aromatic carbocycles. The number of carboxylic acid groups (broad SMARTS) is 1. The third kappa shape index (κ3) is 5.70. The Morgan fingerprint density at radius 2 is 1.84 bits per heavy atom. The molecule has 228 valence electrons. The van der Waals surface area contributed by atoms with E-state index in [-0.39, 0.29) is 29.8 Å². The summed E-state index contributed by atoms with van der Waals surface area (Å²) < 4.78 is 58.9. The van der Waals surface area contributed by atoms with Crippen molar-refractivity contribution in [3.8, 4) is 28.4 Å². The summed E-state index contributed by atoms with van der Waals surface area (Å²) in [5, 5.41) is 9.17. The van der Waals surface area contributed by atoms with Crippen LogP contribution in [0.25, 0.3) is 11.1 Å². The largest absolute Gasteiger partial charge is 0.493 e. The Labute approximate surface area is 251 Å². The predicted molar refractivity (Wildman–Crippen MR) is 160 cm³/mol. The van der Waals surface area contributed by atoms with Crippen molar-refractivity contribution in [2.45, 2.75) is 52.1 Å². The van der Waals surface area contributed by atoms with Crippen LogP contribution in [-0.2, 0) is 21.2 Å². The number of hydrogen-bond acceptors (Lipinski definition) is 6. The van der Waals surface area contributed by atoms with Gasteiger partial charge in [-0.3, -0.25) is 4.79 Å². The molecule has 1 aliphatic carbocycles. The number of aryl methyl sites for hydroxylation is 2. The fourth-order valence-corrected chi connectivity index (χ4v) is 7.82. The second kappa shape index (κ2) is 11.5. The van der Waals surface area contributed by atoms with Gasteiger partial charge in [0.15, 0.2) is 0 Å². The maximum Gasteiger partial charge on any atom is 0.304 e. The third-order valence-corrected chi connectivity index (χ3v) is 10.6. The van der Waals surface area contributed by atoms with Crippen LogP contribution < -0.4 is 14.2 Å². The molecule has 1 saturated heterocycles. The average molecular weight is 610 g/mol. The van der Waals surface area contributed by atoms with Gasteiger partial charge in [-0.15, -0.1) is 0 Å². The first-order chi connectivity index (χ1) is 20.5. The van der Waals surface area contributed by atoms with E-state index in [1.807, 2.05) is 38.1 Å². The Balaban J connectivity index is 1.18. The van der Waals surface area contributed by atoms with Gasteiger partial charge < -0.3 is 19.3 Å². The Bertz CT molecular complexity index is 1660. The Hall–Kier alpha value is -3.63. The van der Waals surface area contributed by atoms with Crippen molar-refractivity contribution in [1.29, 1.82) is 0 Å². The van der Waals surface area contributed by atoms with Crippen LogP contribution in [0.1, 0.15) is 59.6 Å². The van der Waals surface area contributed by atoms with E-state index in [1.165, 1.54) is 10.4 Å². The maximum absolute atomic E-state index is 15.3. The average Bonchev–Trinajstić information content (AvgIpc) is 3.53. The first kappa shape index (κ1) is 29.4. The first-order valence-corrected chi connectivity index (χ1v) is 16.3. The zero-order valence-corrected chi connectivity index (χ0v) is 25.4. The molecule has 0 spiro atoms. The second-order valence-corrected chi connectivity index (χ2v) is 14.0. The quantitative estimate of drug-likeness (QED) is 0.311. The Kier molecular flexibility index (Phi) is 7.85. The number of benzene rings is 3. The van der Waals surface area contributed by atoms with E-state index < -0.39 is 22.1 Å². The molecule has 6 rings (SSSR count). The molecule has 2 heterocycles. The van der Waals surface area contributed by atoms with Crippen LogP contribution in [0.5, 0.6) is 17.2 Å². The van der Waals surface area contributed by atoms with Gasteiger partial charge >= 0.3 is 5.97 Å². The summed E-state index contributed by atoms with van der Waals surface area (Å²) in [4.78, 5) is 11.2. The molecule has 10 heteroatoms. The van der Waals surface area contributed by atoms with Crippen LogP contribution in [-0.4, -0.2) is 55.9 Å². The second-order valence-electron chi connectivity index (χ2n) is 11.8. The zero-order chi connectivity index (χ0) is 30.5. The lowest BCUT2D eigenvalue weighted by molar-refractivity contribution is -0.137. The number of hydrogen-bond donors (Lipinski definition) is 1. The number of rotatable bonds is 10. The van der Waals surface area contributed by atoms with Gasteiger partial charge in [-0.25, -0.2) is 17.1 Å². The molecule has 8 nitrogen and oxygen atoms in total. The smallest absolute Gasteiger partial charge is 0.304 e. The number of aliphatic carboxylic acids is 1. The number of nitrogens with zero attached hydrogens (tertiary/aromatic N) is 1. The van der Waals surface area contributed by atoms with Gasteiger partial charge in [-0.1, -0.05) is 12.1 Å². The van der Waals surface area contributed by atoms with Gasteiger partial charge in [0.05, 0.1) is 25.4 Å². The highest BCUT2D eigenvalue weighted by Gasteiger charge is 2.35. The van der Waals surface area contributed by atoms with Gasteiger partial charge in [0.25, 0.3) is 0 Å². The fraction of sp³-hybridized carbons (Fsp3) is 0.424. The Morgan fingerprint density at radius 1 is 1.09 bits per heavy atom. The van der Waals surface area contributed by atoms with E-state index in [0.29, 0.717) is 56.2 Å². The van der Waals surface area contributed by atoms with Gasteiger partial charge in [-0.05, 0) is 85.7 Å². The van der Waals surface area contributed by atoms with E-state index in [2.05, 4.69) is 0 Å². The molecule has 0 amide bonds. The molecular formula is C33H36FNO7S. The van der Waals surface area contributed by atoms with Crippen LogP contribution in [0.3, 0.4) is 0 Å². The topological polar surface area (TPSA) is 102 Å². The Morgan fingerprint density at radius 3 is 2.53 bits per heavy atom. The third-order valence-electron chi connectivity index (χ3n) is 8.79. The van der Waals surface area contributed by atoms with Gasteiger partial charge in [0.1, 0.15) is 29.2 Å². The van der Waals surface area contributed by atoms with Crippen LogP contribution in [0, 0.1) is 25.6 Å². The van der Waals surface area contributed by atoms with Crippen molar-refractivity contribution in [1.82, 2.24) is 4.31 Å². The summed E-state index contributed by atoms with van der Waals surface area (Å²) in [6.45, 7) is 7.44. The van der Waals surface area contributed by atoms with Crippen molar-refractivity contribution in [3.05, 3.63) is 76.1 Å². The van der Waals surface area contributed by atoms with Crippen molar-refractivity contribution < 1.29 is 36.9 Å². The van der Waals surface area contributed by atoms with Crippen LogP contribution >= 0.6 is 0 Å². The number of ether oxygens (including phenoxy) is 3. The lowest BCUT2D eigenvalue weighted by Gasteiger charge is -2.37. The zero-order valence-electron chi connectivity index (χ0n) is 24.6. The lowest BCUT2D eigenvalue weighted by atomic mass is 9.90. The molecule has 0 saturated carbocycles. The fourth-order valence-electron chi connectivity index (χ4n) is 6.58. The molecule has 2 unspecified atom stereocenters. The minimum atomic E-state index is -3.15. The molecule has 1 N–H and O–H groups in total. The molecule has 0 radical (unpaired) electrons. The SMILES string of the molecule is CCS(=O)(=O)N1CC(COc2cc(C)c(-c3ccc(F)c4c3CCC4Oc3ccc4c(c3)OCC4CC(=O)O)c(C)c2)C1. The molecule has 0 aromatic heterocycles. The molecule has 3 aliphatic rings. The van der Waals surface area contributed by atoms with Gasteiger partial charge in [0.2, 0.25) is 10.0 Å². The monoisotopic (exact) mass is 609 g/mol. The molecular weight excluding hydrogens is 573 g/mol. The van der Waals surface area contributed by atoms with Gasteiger partial charge in [0, 0.05) is 42.1 Å². The van der Waals surface area contributed by atoms with Crippen LogP contribution in [0.15, 0.2) is 42.5 Å².